The Kier molecular flexibility index (Phi) is 8.33. The van der Waals surface area contributed by atoms with E-state index in [0.717, 1.165) is 17.1 Å². The summed E-state index contributed by atoms with van der Waals surface area (Å²) in [7, 11) is 0. The Hall–Kier alpha value is -7.94. The zero-order valence-electron chi connectivity index (χ0n) is 34.4. The van der Waals surface area contributed by atoms with Crippen LogP contribution in [0.15, 0.2) is 237 Å². The second kappa shape index (κ2) is 14.4. The van der Waals surface area contributed by atoms with E-state index in [1.165, 1.54) is 88.3 Å². The van der Waals surface area contributed by atoms with Crippen LogP contribution in [0.1, 0.15) is 23.6 Å². The van der Waals surface area contributed by atoms with Crippen LogP contribution in [0, 0.1) is 0 Å². The van der Waals surface area contributed by atoms with E-state index < -0.39 is 0 Å². The van der Waals surface area contributed by atoms with E-state index >= 15 is 0 Å². The molecule has 0 amide bonds. The Labute approximate surface area is 362 Å². The van der Waals surface area contributed by atoms with Gasteiger partial charge in [0, 0.05) is 38.9 Å². The zero-order chi connectivity index (χ0) is 41.2. The van der Waals surface area contributed by atoms with Gasteiger partial charge in [-0.2, -0.15) is 0 Å². The molecule has 0 aliphatic heterocycles. The fraction of sp³-hybridized carbons (Fsp3) is 0.0333. The number of fused-ring (bicyclic) bond motifs is 7. The molecule has 11 aromatic rings. The highest BCUT2D eigenvalue weighted by Crippen LogP contribution is 2.52. The van der Waals surface area contributed by atoms with Crippen molar-refractivity contribution in [1.29, 1.82) is 0 Å². The van der Waals surface area contributed by atoms with E-state index in [9.17, 15) is 0 Å². The van der Waals surface area contributed by atoms with Crippen LogP contribution in [0.4, 0.5) is 17.1 Å². The van der Waals surface area contributed by atoms with Gasteiger partial charge in [0.05, 0.1) is 11.0 Å². The average molecular weight is 791 g/mol. The van der Waals surface area contributed by atoms with Gasteiger partial charge >= 0.3 is 0 Å². The van der Waals surface area contributed by atoms with Crippen molar-refractivity contribution >= 4 is 49.6 Å². The Morgan fingerprint density at radius 2 is 0.855 bits per heavy atom. The molecule has 0 bridgehead atoms. The lowest BCUT2D eigenvalue weighted by Crippen LogP contribution is -2.22. The van der Waals surface area contributed by atoms with Gasteiger partial charge in [0.1, 0.15) is 0 Å². The molecule has 62 heavy (non-hydrogen) atoms. The van der Waals surface area contributed by atoms with Crippen LogP contribution >= 0.6 is 0 Å². The molecule has 0 saturated heterocycles. The fourth-order valence-electron chi connectivity index (χ4n) is 10.1. The molecule has 2 nitrogen and oxygen atoms in total. The highest BCUT2D eigenvalue weighted by Gasteiger charge is 2.40. The third-order valence-electron chi connectivity index (χ3n) is 13.3. The van der Waals surface area contributed by atoms with Crippen molar-refractivity contribution in [2.45, 2.75) is 12.3 Å². The monoisotopic (exact) mass is 790 g/mol. The maximum atomic E-state index is 2.39. The van der Waals surface area contributed by atoms with Crippen LogP contribution in [-0.2, 0) is 5.41 Å². The molecule has 0 fully saturated rings. The van der Waals surface area contributed by atoms with Crippen LogP contribution in [0.2, 0.25) is 0 Å². The highest BCUT2D eigenvalue weighted by atomic mass is 15.1. The Morgan fingerprint density at radius 1 is 0.355 bits per heavy atom. The molecule has 292 valence electrons. The minimum absolute atomic E-state index is 0.253. The Bertz CT molecular complexity index is 3410. The number of rotatable bonds is 7. The number of benzene rings is 10. The van der Waals surface area contributed by atoms with Gasteiger partial charge < -0.3 is 9.47 Å². The van der Waals surface area contributed by atoms with Crippen molar-refractivity contribution in [2.24, 2.45) is 0 Å². The van der Waals surface area contributed by atoms with Gasteiger partial charge in [0.15, 0.2) is 0 Å². The quantitative estimate of drug-likeness (QED) is 0.156. The van der Waals surface area contributed by atoms with Crippen LogP contribution in [0.25, 0.3) is 71.6 Å². The number of anilines is 3. The number of aromatic nitrogens is 1. The molecule has 1 aliphatic carbocycles. The smallest absolute Gasteiger partial charge is 0.0547 e. The van der Waals surface area contributed by atoms with E-state index in [-0.39, 0.29) is 5.41 Å². The highest BCUT2D eigenvalue weighted by molar-refractivity contribution is 6.10. The van der Waals surface area contributed by atoms with Crippen LogP contribution in [0.5, 0.6) is 0 Å². The predicted octanol–water partition coefficient (Wildman–Crippen LogP) is 16.1. The molecule has 0 radical (unpaired) electrons. The Balaban J connectivity index is 0.943. The van der Waals surface area contributed by atoms with Crippen molar-refractivity contribution in [3.8, 4) is 39.1 Å². The fourth-order valence-corrected chi connectivity index (χ4v) is 10.1. The van der Waals surface area contributed by atoms with Gasteiger partial charge in [-0.15, -0.1) is 0 Å². The normalized spacial score (nSPS) is 12.7. The molecule has 2 heteroatoms. The second-order valence-corrected chi connectivity index (χ2v) is 16.7. The molecule has 0 saturated carbocycles. The van der Waals surface area contributed by atoms with Gasteiger partial charge in [-0.1, -0.05) is 170 Å². The van der Waals surface area contributed by atoms with E-state index in [2.05, 4.69) is 253 Å². The topological polar surface area (TPSA) is 8.17 Å². The maximum Gasteiger partial charge on any atom is 0.0547 e. The van der Waals surface area contributed by atoms with Gasteiger partial charge in [0.25, 0.3) is 0 Å². The molecule has 0 unspecified atom stereocenters. The molecule has 0 N–H and O–H groups in total. The van der Waals surface area contributed by atoms with E-state index in [1.807, 2.05) is 0 Å². The molecule has 12 rings (SSSR count). The van der Waals surface area contributed by atoms with E-state index in [4.69, 9.17) is 0 Å². The molecule has 1 aliphatic rings. The van der Waals surface area contributed by atoms with Gasteiger partial charge in [-0.05, 0) is 134 Å². The number of para-hydroxylation sites is 2. The summed E-state index contributed by atoms with van der Waals surface area (Å²) in [6.45, 7) is 2.38. The molecule has 1 heterocycles. The van der Waals surface area contributed by atoms with Crippen molar-refractivity contribution in [3.63, 3.8) is 0 Å². The SMILES string of the molecule is CC1(c2ccc(N(c3ccc(-c4ccccc4)cc3)c3ccc4cc(-c5ccc6c7ccccc7n(-c7ccccc7)c6c5)ccc4c3)cc2)c2ccccc2-c2ccccc21. The number of hydrogen-bond donors (Lipinski definition) is 0. The zero-order valence-corrected chi connectivity index (χ0v) is 34.4. The van der Waals surface area contributed by atoms with Crippen molar-refractivity contribution in [3.05, 3.63) is 253 Å². The van der Waals surface area contributed by atoms with E-state index in [0.29, 0.717) is 0 Å². The first-order chi connectivity index (χ1) is 30.6. The summed E-state index contributed by atoms with van der Waals surface area (Å²) in [4.78, 5) is 2.39. The van der Waals surface area contributed by atoms with Gasteiger partial charge in [-0.3, -0.25) is 0 Å². The summed E-state index contributed by atoms with van der Waals surface area (Å²) < 4.78 is 2.39. The third-order valence-corrected chi connectivity index (χ3v) is 13.3. The van der Waals surface area contributed by atoms with Crippen molar-refractivity contribution < 1.29 is 0 Å². The van der Waals surface area contributed by atoms with Crippen LogP contribution in [-0.4, -0.2) is 4.57 Å². The molecule has 0 spiro atoms. The van der Waals surface area contributed by atoms with E-state index in [1.54, 1.807) is 0 Å². The Morgan fingerprint density at radius 3 is 1.58 bits per heavy atom. The first-order valence-corrected chi connectivity index (χ1v) is 21.5. The minimum Gasteiger partial charge on any atom is -0.310 e. The molecule has 10 aromatic carbocycles. The summed E-state index contributed by atoms with van der Waals surface area (Å²) in [5, 5.41) is 4.92. The number of hydrogen-bond acceptors (Lipinski definition) is 1. The summed E-state index contributed by atoms with van der Waals surface area (Å²) in [5.41, 5.74) is 18.1. The van der Waals surface area contributed by atoms with Crippen LogP contribution in [0.3, 0.4) is 0 Å². The lowest BCUT2D eigenvalue weighted by Gasteiger charge is -2.30. The molecular formula is C60H42N2. The van der Waals surface area contributed by atoms with Crippen LogP contribution < -0.4 is 4.90 Å². The maximum absolute atomic E-state index is 2.39. The molecule has 0 atom stereocenters. The lowest BCUT2D eigenvalue weighted by molar-refractivity contribution is 0.714. The summed E-state index contributed by atoms with van der Waals surface area (Å²) in [6, 6.07) is 86.7. The standard InChI is InChI=1S/C60H42N2/c1-60(56-21-11-8-18-52(56)53-19-9-12-22-57(53)60)47-30-35-50(36-31-47)61(49-32-26-42(27-33-49)41-14-4-2-5-15-41)51-34-28-44-38-43(24-25-45(44)39-51)46-29-37-55-54-20-10-13-23-58(54)62(59(55)40-46)48-16-6-3-7-17-48/h2-40H,1H3. The summed E-state index contributed by atoms with van der Waals surface area (Å²) in [6.07, 6.45) is 0. The molecular weight excluding hydrogens is 749 g/mol. The van der Waals surface area contributed by atoms with Gasteiger partial charge in [0.2, 0.25) is 0 Å². The molecule has 1 aromatic heterocycles. The largest absolute Gasteiger partial charge is 0.310 e. The first kappa shape index (κ1) is 36.0. The third kappa shape index (κ3) is 5.72. The first-order valence-electron chi connectivity index (χ1n) is 21.5. The predicted molar refractivity (Wildman–Crippen MR) is 261 cm³/mol. The minimum atomic E-state index is -0.253. The summed E-state index contributed by atoms with van der Waals surface area (Å²) >= 11 is 0. The average Bonchev–Trinajstić information content (AvgIpc) is 3.82. The van der Waals surface area contributed by atoms with Crippen molar-refractivity contribution in [1.82, 2.24) is 4.57 Å². The van der Waals surface area contributed by atoms with Crippen molar-refractivity contribution in [2.75, 3.05) is 4.90 Å². The summed E-state index contributed by atoms with van der Waals surface area (Å²) in [5.74, 6) is 0. The van der Waals surface area contributed by atoms with Gasteiger partial charge in [-0.25, -0.2) is 0 Å². The number of nitrogens with zero attached hydrogens (tertiary/aromatic N) is 2. The lowest BCUT2D eigenvalue weighted by atomic mass is 9.74. The second-order valence-electron chi connectivity index (χ2n) is 16.7.